The van der Waals surface area contributed by atoms with Gasteiger partial charge in [-0.1, -0.05) is 6.92 Å². The molecule has 0 unspecified atom stereocenters. The van der Waals surface area contributed by atoms with E-state index in [0.29, 0.717) is 5.92 Å². The van der Waals surface area contributed by atoms with Gasteiger partial charge in [0.15, 0.2) is 6.23 Å². The Hall–Kier alpha value is -0.770. The predicted molar refractivity (Wildman–Crippen MR) is 34.7 cm³/mol. The molecule has 1 aliphatic rings. The van der Waals surface area contributed by atoms with E-state index in [1.54, 1.807) is 0 Å². The van der Waals surface area contributed by atoms with E-state index in [-0.39, 0.29) is 6.23 Å². The van der Waals surface area contributed by atoms with Crippen molar-refractivity contribution < 1.29 is 14.6 Å². The highest BCUT2D eigenvalue weighted by molar-refractivity contribution is 5.57. The maximum absolute atomic E-state index is 10.0. The van der Waals surface area contributed by atoms with Crippen LogP contribution in [0.4, 0.5) is 4.79 Å². The van der Waals surface area contributed by atoms with E-state index in [1.165, 1.54) is 0 Å². The molecule has 10 heavy (non-hydrogen) atoms. The Morgan fingerprint density at radius 2 is 2.50 bits per heavy atom. The Morgan fingerprint density at radius 1 is 1.80 bits per heavy atom. The number of hydrogen-bond acceptors (Lipinski definition) is 3. The van der Waals surface area contributed by atoms with Crippen molar-refractivity contribution in [1.29, 1.82) is 0 Å². The van der Waals surface area contributed by atoms with Gasteiger partial charge in [0.05, 0.1) is 0 Å². The second-order valence-electron chi connectivity index (χ2n) is 2.52. The fraction of sp³-hybridized carbons (Fsp3) is 0.833. The molecule has 0 radical (unpaired) electrons. The summed E-state index contributed by atoms with van der Waals surface area (Å²) in [7, 11) is 0. The molecule has 2 N–H and O–H groups in total. The van der Waals surface area contributed by atoms with Crippen molar-refractivity contribution in [1.82, 2.24) is 5.32 Å². The molecule has 0 spiro atoms. The van der Waals surface area contributed by atoms with Crippen LogP contribution in [0.2, 0.25) is 0 Å². The van der Waals surface area contributed by atoms with Gasteiger partial charge < -0.3 is 9.84 Å². The highest BCUT2D eigenvalue weighted by Gasteiger charge is 2.25. The fourth-order valence-electron chi connectivity index (χ4n) is 1.07. The Bertz CT molecular complexity index is 137. The second kappa shape index (κ2) is 2.88. The van der Waals surface area contributed by atoms with Crippen molar-refractivity contribution in [2.45, 2.75) is 19.6 Å². The van der Waals surface area contributed by atoms with E-state index in [0.717, 1.165) is 13.0 Å². The zero-order valence-corrected chi connectivity index (χ0v) is 5.83. The number of nitrogens with one attached hydrogen (secondary N) is 1. The van der Waals surface area contributed by atoms with E-state index < -0.39 is 6.16 Å². The minimum absolute atomic E-state index is 0.294. The molecular weight excluding hydrogens is 134 g/mol. The molecule has 1 heterocycles. The molecule has 0 aromatic heterocycles. The molecule has 1 rings (SSSR count). The smallest absolute Gasteiger partial charge is 0.450 e. The van der Waals surface area contributed by atoms with Gasteiger partial charge in [-0.05, 0) is 13.0 Å². The molecule has 1 saturated heterocycles. The first kappa shape index (κ1) is 7.34. The summed E-state index contributed by atoms with van der Waals surface area (Å²) in [4.78, 5) is 10.0. The lowest BCUT2D eigenvalue weighted by atomic mass is 10.1. The normalized spacial score (nSPS) is 32.1. The Kier molecular flexibility index (Phi) is 2.11. The molecule has 1 aliphatic heterocycles. The highest BCUT2D eigenvalue weighted by atomic mass is 16.7. The standard InChI is InChI=1S/C6H11NO3/c1-4-2-3-7-5(4)10-6(8)9/h4-5,7H,2-3H2,1H3,(H,8,9)/t4-,5-/m0/s1. The van der Waals surface area contributed by atoms with E-state index in [1.807, 2.05) is 6.92 Å². The van der Waals surface area contributed by atoms with E-state index >= 15 is 0 Å². The summed E-state index contributed by atoms with van der Waals surface area (Å²) < 4.78 is 4.53. The monoisotopic (exact) mass is 145 g/mol. The summed E-state index contributed by atoms with van der Waals surface area (Å²) in [6, 6.07) is 0. The first-order chi connectivity index (χ1) is 4.70. The van der Waals surface area contributed by atoms with Crippen LogP contribution in [-0.4, -0.2) is 24.0 Å². The fourth-order valence-corrected chi connectivity index (χ4v) is 1.07. The third kappa shape index (κ3) is 1.60. The van der Waals surface area contributed by atoms with Gasteiger partial charge in [-0.2, -0.15) is 0 Å². The molecule has 4 nitrogen and oxygen atoms in total. The van der Waals surface area contributed by atoms with E-state index in [9.17, 15) is 4.79 Å². The predicted octanol–water partition coefficient (Wildman–Crippen LogP) is 0.636. The van der Waals surface area contributed by atoms with Gasteiger partial charge in [-0.3, -0.25) is 5.32 Å². The Morgan fingerprint density at radius 3 is 2.90 bits per heavy atom. The first-order valence-electron chi connectivity index (χ1n) is 3.33. The van der Waals surface area contributed by atoms with Crippen LogP contribution in [0, 0.1) is 5.92 Å². The Labute approximate surface area is 59.2 Å². The van der Waals surface area contributed by atoms with Crippen molar-refractivity contribution in [3.63, 3.8) is 0 Å². The van der Waals surface area contributed by atoms with Crippen molar-refractivity contribution in [3.8, 4) is 0 Å². The number of rotatable bonds is 1. The van der Waals surface area contributed by atoms with Crippen molar-refractivity contribution in [3.05, 3.63) is 0 Å². The van der Waals surface area contributed by atoms with Gasteiger partial charge in [0.25, 0.3) is 0 Å². The van der Waals surface area contributed by atoms with Gasteiger partial charge in [0, 0.05) is 5.92 Å². The van der Waals surface area contributed by atoms with E-state index in [4.69, 9.17) is 5.11 Å². The summed E-state index contributed by atoms with van der Waals surface area (Å²) in [5.41, 5.74) is 0. The largest absolute Gasteiger partial charge is 0.507 e. The summed E-state index contributed by atoms with van der Waals surface area (Å²) in [6.45, 7) is 2.81. The van der Waals surface area contributed by atoms with Crippen LogP contribution in [0.1, 0.15) is 13.3 Å². The van der Waals surface area contributed by atoms with Gasteiger partial charge in [-0.25, -0.2) is 4.79 Å². The zero-order chi connectivity index (χ0) is 7.56. The van der Waals surface area contributed by atoms with Crippen molar-refractivity contribution >= 4 is 6.16 Å². The average Bonchev–Trinajstić information content (AvgIpc) is 2.15. The van der Waals surface area contributed by atoms with Gasteiger partial charge in [0.1, 0.15) is 0 Å². The third-order valence-electron chi connectivity index (χ3n) is 1.69. The summed E-state index contributed by atoms with van der Waals surface area (Å²) >= 11 is 0. The second-order valence-corrected chi connectivity index (χ2v) is 2.52. The Balaban J connectivity index is 2.33. The van der Waals surface area contributed by atoms with Gasteiger partial charge in [0.2, 0.25) is 0 Å². The van der Waals surface area contributed by atoms with Crippen LogP contribution < -0.4 is 5.32 Å². The molecular formula is C6H11NO3. The quantitative estimate of drug-likeness (QED) is 0.531. The number of carbonyl (C=O) groups is 1. The third-order valence-corrected chi connectivity index (χ3v) is 1.69. The SMILES string of the molecule is C[C@H]1CCN[C@H]1OC(=O)O. The van der Waals surface area contributed by atoms with Crippen LogP contribution in [0.25, 0.3) is 0 Å². The van der Waals surface area contributed by atoms with Crippen molar-refractivity contribution in [2.24, 2.45) is 5.92 Å². The van der Waals surface area contributed by atoms with Gasteiger partial charge >= 0.3 is 6.16 Å². The number of hydrogen-bond donors (Lipinski definition) is 2. The lowest BCUT2D eigenvalue weighted by Crippen LogP contribution is -2.30. The van der Waals surface area contributed by atoms with Crippen LogP contribution in [0.5, 0.6) is 0 Å². The molecule has 0 saturated carbocycles. The van der Waals surface area contributed by atoms with Crippen LogP contribution in [0.15, 0.2) is 0 Å². The minimum Gasteiger partial charge on any atom is -0.450 e. The molecule has 0 amide bonds. The van der Waals surface area contributed by atoms with Crippen LogP contribution in [-0.2, 0) is 4.74 Å². The molecule has 0 aliphatic carbocycles. The van der Waals surface area contributed by atoms with Crippen molar-refractivity contribution in [2.75, 3.05) is 6.54 Å². The molecule has 0 bridgehead atoms. The highest BCUT2D eigenvalue weighted by Crippen LogP contribution is 2.14. The lowest BCUT2D eigenvalue weighted by molar-refractivity contribution is 0.0289. The lowest BCUT2D eigenvalue weighted by Gasteiger charge is -2.13. The summed E-state index contributed by atoms with van der Waals surface area (Å²) in [6.07, 6.45) is -0.512. The summed E-state index contributed by atoms with van der Waals surface area (Å²) in [5.74, 6) is 0.302. The first-order valence-corrected chi connectivity index (χ1v) is 3.33. The minimum atomic E-state index is -1.20. The number of ether oxygens (including phenoxy) is 1. The molecule has 4 heteroatoms. The zero-order valence-electron chi connectivity index (χ0n) is 5.83. The molecule has 0 aromatic carbocycles. The maximum atomic E-state index is 10.0. The summed E-state index contributed by atoms with van der Waals surface area (Å²) in [5, 5.41) is 11.2. The van der Waals surface area contributed by atoms with Crippen LogP contribution in [0.3, 0.4) is 0 Å². The molecule has 1 fully saturated rings. The maximum Gasteiger partial charge on any atom is 0.507 e. The average molecular weight is 145 g/mol. The topological polar surface area (TPSA) is 58.6 Å². The molecule has 0 aromatic rings. The van der Waals surface area contributed by atoms with Gasteiger partial charge in [-0.15, -0.1) is 0 Å². The molecule has 58 valence electrons. The van der Waals surface area contributed by atoms with Crippen LogP contribution >= 0.6 is 0 Å². The van der Waals surface area contributed by atoms with E-state index in [2.05, 4.69) is 10.1 Å². The molecule has 2 atom stereocenters. The number of carboxylic acid groups (broad SMARTS) is 1.